The maximum Gasteiger partial charge on any atom is 0.418 e. The van der Waals surface area contributed by atoms with Gasteiger partial charge in [-0.3, -0.25) is 4.79 Å². The number of nitrogens with zero attached hydrogens (tertiary/aromatic N) is 3. The number of aromatic nitrogens is 1. The minimum absolute atomic E-state index is 0.0276. The fourth-order valence-electron chi connectivity index (χ4n) is 5.80. The molecule has 2 atom stereocenters. The highest BCUT2D eigenvalue weighted by Crippen LogP contribution is 2.46. The summed E-state index contributed by atoms with van der Waals surface area (Å²) in [6.07, 6.45) is 2.35. The molecule has 1 saturated carbocycles. The van der Waals surface area contributed by atoms with Crippen molar-refractivity contribution in [3.63, 3.8) is 0 Å². The number of alkyl halides is 3. The van der Waals surface area contributed by atoms with Crippen molar-refractivity contribution in [1.82, 2.24) is 9.88 Å². The van der Waals surface area contributed by atoms with E-state index < -0.39 is 28.0 Å². The normalized spacial score (nSPS) is 23.1. The Hall–Kier alpha value is -2.88. The van der Waals surface area contributed by atoms with E-state index in [1.807, 2.05) is 6.92 Å². The summed E-state index contributed by atoms with van der Waals surface area (Å²) in [5.41, 5.74) is -0.500. The van der Waals surface area contributed by atoms with E-state index in [1.54, 1.807) is 15.9 Å². The van der Waals surface area contributed by atoms with Gasteiger partial charge in [-0.05, 0) is 62.1 Å². The lowest BCUT2D eigenvalue weighted by Crippen LogP contribution is -2.36. The van der Waals surface area contributed by atoms with Crippen LogP contribution in [0, 0.1) is 11.2 Å². The SMILES string of the molecule is C[C@]1(COc2cc(F)c(C(=O)N3CCC[C@H]3CCC=O)cc2C2CC2)CCN(c2cc(C(F)(F)F)c(Cl)cn2)C1. The maximum absolute atomic E-state index is 15.3. The summed E-state index contributed by atoms with van der Waals surface area (Å²) >= 11 is 5.73. The Morgan fingerprint density at radius 1 is 1.23 bits per heavy atom. The van der Waals surface area contributed by atoms with Crippen LogP contribution in [-0.2, 0) is 11.0 Å². The number of hydrogen-bond donors (Lipinski definition) is 0. The van der Waals surface area contributed by atoms with Crippen LogP contribution in [0.3, 0.4) is 0 Å². The third-order valence-electron chi connectivity index (χ3n) is 8.21. The van der Waals surface area contributed by atoms with Gasteiger partial charge in [-0.2, -0.15) is 13.2 Å². The van der Waals surface area contributed by atoms with Gasteiger partial charge in [0.15, 0.2) is 0 Å². The Balaban J connectivity index is 1.30. The number of pyridine rings is 1. The molecule has 216 valence electrons. The fourth-order valence-corrected chi connectivity index (χ4v) is 6.01. The van der Waals surface area contributed by atoms with Gasteiger partial charge in [0.1, 0.15) is 23.7 Å². The van der Waals surface area contributed by atoms with Gasteiger partial charge in [0.25, 0.3) is 5.91 Å². The van der Waals surface area contributed by atoms with Crippen molar-refractivity contribution in [3.05, 3.63) is 51.9 Å². The predicted molar refractivity (Wildman–Crippen MR) is 142 cm³/mol. The molecule has 5 rings (SSSR count). The minimum Gasteiger partial charge on any atom is -0.493 e. The smallest absolute Gasteiger partial charge is 0.418 e. The van der Waals surface area contributed by atoms with Gasteiger partial charge >= 0.3 is 6.18 Å². The molecule has 6 nitrogen and oxygen atoms in total. The molecule has 2 aliphatic heterocycles. The number of anilines is 1. The number of rotatable bonds is 9. The summed E-state index contributed by atoms with van der Waals surface area (Å²) in [5, 5.41) is -0.445. The van der Waals surface area contributed by atoms with Gasteiger partial charge in [0, 0.05) is 49.8 Å². The molecule has 2 saturated heterocycles. The first-order valence-electron chi connectivity index (χ1n) is 13.7. The average Bonchev–Trinajstić information content (AvgIpc) is 3.51. The highest BCUT2D eigenvalue weighted by Gasteiger charge is 2.39. The molecule has 1 aliphatic carbocycles. The summed E-state index contributed by atoms with van der Waals surface area (Å²) in [7, 11) is 0. The topological polar surface area (TPSA) is 62.7 Å². The van der Waals surface area contributed by atoms with Crippen molar-refractivity contribution >= 4 is 29.6 Å². The molecule has 2 aromatic rings. The van der Waals surface area contributed by atoms with Gasteiger partial charge in [0.05, 0.1) is 22.8 Å². The summed E-state index contributed by atoms with van der Waals surface area (Å²) in [4.78, 5) is 31.7. The zero-order valence-corrected chi connectivity index (χ0v) is 23.0. The van der Waals surface area contributed by atoms with Gasteiger partial charge in [0.2, 0.25) is 0 Å². The minimum atomic E-state index is -4.58. The number of aldehydes is 1. The van der Waals surface area contributed by atoms with Gasteiger partial charge in [-0.25, -0.2) is 9.37 Å². The van der Waals surface area contributed by atoms with Crippen molar-refractivity contribution in [1.29, 1.82) is 0 Å². The van der Waals surface area contributed by atoms with Crippen molar-refractivity contribution in [3.8, 4) is 5.75 Å². The number of hydrogen-bond acceptors (Lipinski definition) is 5. The first-order valence-corrected chi connectivity index (χ1v) is 14.1. The van der Waals surface area contributed by atoms with Crippen LogP contribution in [0.25, 0.3) is 0 Å². The fraction of sp³-hybridized carbons (Fsp3) is 0.552. The Kier molecular flexibility index (Phi) is 8.01. The molecule has 40 heavy (non-hydrogen) atoms. The van der Waals surface area contributed by atoms with Crippen LogP contribution in [0.4, 0.5) is 23.4 Å². The molecular weight excluding hydrogens is 550 g/mol. The lowest BCUT2D eigenvalue weighted by atomic mass is 9.91. The van der Waals surface area contributed by atoms with Crippen molar-refractivity contribution < 1.29 is 31.9 Å². The number of ether oxygens (including phenoxy) is 1. The highest BCUT2D eigenvalue weighted by atomic mass is 35.5. The molecule has 1 amide bonds. The van der Waals surface area contributed by atoms with Gasteiger partial charge in [-0.1, -0.05) is 18.5 Å². The number of likely N-dealkylation sites (tertiary alicyclic amines) is 1. The van der Waals surface area contributed by atoms with E-state index in [-0.39, 0.29) is 35.9 Å². The molecule has 3 fully saturated rings. The van der Waals surface area contributed by atoms with E-state index >= 15 is 4.39 Å². The molecular formula is C29H32ClF4N3O3. The van der Waals surface area contributed by atoms with Crippen LogP contribution < -0.4 is 9.64 Å². The van der Waals surface area contributed by atoms with E-state index in [1.165, 1.54) is 6.07 Å². The Labute approximate surface area is 235 Å². The van der Waals surface area contributed by atoms with E-state index in [0.29, 0.717) is 44.6 Å². The quantitative estimate of drug-likeness (QED) is 0.245. The standard InChI is InChI=1S/C29H32ClF4N3O3/c1-28(8-10-36(16-28)26-13-22(29(32,33)34)23(30)15-35-26)17-40-25-14-24(31)21(12-20(25)18-6-7-18)27(39)37-9-2-4-19(37)5-3-11-38/h11-15,18-19H,2-10,16-17H2,1H3/t19-,28-/m0/s1. The zero-order chi connectivity index (χ0) is 28.7. The van der Waals surface area contributed by atoms with Crippen molar-refractivity contribution in [2.45, 2.75) is 70.0 Å². The monoisotopic (exact) mass is 581 g/mol. The van der Waals surface area contributed by atoms with Crippen LogP contribution in [0.1, 0.15) is 79.3 Å². The van der Waals surface area contributed by atoms with Crippen molar-refractivity contribution in [2.24, 2.45) is 5.41 Å². The summed E-state index contributed by atoms with van der Waals surface area (Å²) in [5.74, 6) is -0.209. The number of halogens is 5. The predicted octanol–water partition coefficient (Wildman–Crippen LogP) is 6.65. The number of carbonyl (C=O) groups is 2. The Morgan fingerprint density at radius 3 is 2.70 bits per heavy atom. The molecule has 0 radical (unpaired) electrons. The van der Waals surface area contributed by atoms with E-state index in [2.05, 4.69) is 4.98 Å². The average molecular weight is 582 g/mol. The van der Waals surface area contributed by atoms with E-state index in [0.717, 1.165) is 49.8 Å². The van der Waals surface area contributed by atoms with Gasteiger partial charge < -0.3 is 19.3 Å². The summed E-state index contributed by atoms with van der Waals surface area (Å²) < 4.78 is 61.5. The van der Waals surface area contributed by atoms with Crippen molar-refractivity contribution in [2.75, 3.05) is 31.1 Å². The molecule has 0 N–H and O–H groups in total. The van der Waals surface area contributed by atoms with Crippen LogP contribution in [0.2, 0.25) is 5.02 Å². The van der Waals surface area contributed by atoms with E-state index in [9.17, 15) is 22.8 Å². The van der Waals surface area contributed by atoms with Crippen LogP contribution in [-0.4, -0.2) is 54.4 Å². The van der Waals surface area contributed by atoms with Gasteiger partial charge in [-0.15, -0.1) is 0 Å². The second-order valence-electron chi connectivity index (χ2n) is 11.5. The molecule has 1 aromatic heterocycles. The van der Waals surface area contributed by atoms with Crippen LogP contribution in [0.5, 0.6) is 5.75 Å². The number of amides is 1. The molecule has 3 aliphatic rings. The molecule has 1 aromatic carbocycles. The second-order valence-corrected chi connectivity index (χ2v) is 11.9. The molecule has 11 heteroatoms. The number of carbonyl (C=O) groups excluding carboxylic acids is 2. The third-order valence-corrected chi connectivity index (χ3v) is 8.51. The first kappa shape index (κ1) is 28.6. The van der Waals surface area contributed by atoms with Crippen LogP contribution >= 0.6 is 11.6 Å². The number of benzene rings is 1. The third kappa shape index (κ3) is 6.06. The Morgan fingerprint density at radius 2 is 2.00 bits per heavy atom. The lowest BCUT2D eigenvalue weighted by Gasteiger charge is -2.27. The molecule has 3 heterocycles. The first-order chi connectivity index (χ1) is 19.0. The van der Waals surface area contributed by atoms with Crippen LogP contribution in [0.15, 0.2) is 24.4 Å². The second kappa shape index (κ2) is 11.2. The zero-order valence-electron chi connectivity index (χ0n) is 22.3. The van der Waals surface area contributed by atoms with E-state index in [4.69, 9.17) is 16.3 Å². The summed E-state index contributed by atoms with van der Waals surface area (Å²) in [6, 6.07) is 3.82. The molecule has 0 spiro atoms. The molecule has 0 unspecified atom stereocenters. The summed E-state index contributed by atoms with van der Waals surface area (Å²) in [6.45, 7) is 3.65. The Bertz CT molecular complexity index is 1290. The maximum atomic E-state index is 15.3. The largest absolute Gasteiger partial charge is 0.493 e. The molecule has 0 bridgehead atoms. The highest BCUT2D eigenvalue weighted by molar-refractivity contribution is 6.31. The lowest BCUT2D eigenvalue weighted by molar-refractivity contribution is -0.137.